The number of phenols is 1. The van der Waals surface area contributed by atoms with Crippen LogP contribution in [0.3, 0.4) is 0 Å². The Morgan fingerprint density at radius 2 is 2.14 bits per heavy atom. The Hall–Kier alpha value is -2.14. The summed E-state index contributed by atoms with van der Waals surface area (Å²) >= 11 is 0. The molecule has 3 rings (SSSR count). The zero-order valence-corrected chi connectivity index (χ0v) is 13.0. The summed E-state index contributed by atoms with van der Waals surface area (Å²) in [5, 5.41) is 13.3. The Bertz CT molecular complexity index is 667. The van der Waals surface area contributed by atoms with Crippen LogP contribution in [0.25, 0.3) is 11.4 Å². The number of rotatable bonds is 4. The molecule has 5 heteroatoms. The molecule has 22 heavy (non-hydrogen) atoms. The molecular formula is C17H21N3O2. The molecule has 1 saturated heterocycles. The zero-order valence-electron chi connectivity index (χ0n) is 13.0. The number of hydrogen-bond acceptors (Lipinski definition) is 5. The van der Waals surface area contributed by atoms with Gasteiger partial charge in [0.05, 0.1) is 11.2 Å². The second-order valence-corrected chi connectivity index (χ2v) is 5.99. The van der Waals surface area contributed by atoms with Crippen LogP contribution < -0.4 is 5.32 Å². The van der Waals surface area contributed by atoms with Gasteiger partial charge in [0.15, 0.2) is 5.82 Å². The SMILES string of the molecule is Cc1cc(NCC2(C)CCCO2)nc(-c2ccccc2O)n1. The zero-order chi connectivity index (χ0) is 15.6. The molecule has 0 saturated carbocycles. The first kappa shape index (κ1) is 14.8. The number of hydrogen-bond donors (Lipinski definition) is 2. The number of ether oxygens (including phenoxy) is 1. The molecule has 1 atom stereocenters. The van der Waals surface area contributed by atoms with E-state index in [1.165, 1.54) is 0 Å². The Kier molecular flexibility index (Phi) is 3.98. The van der Waals surface area contributed by atoms with E-state index in [9.17, 15) is 5.11 Å². The van der Waals surface area contributed by atoms with Crippen molar-refractivity contribution in [1.29, 1.82) is 0 Å². The van der Waals surface area contributed by atoms with Crippen LogP contribution in [0.2, 0.25) is 0 Å². The third-order valence-corrected chi connectivity index (χ3v) is 3.94. The van der Waals surface area contributed by atoms with Gasteiger partial charge in [0.1, 0.15) is 11.6 Å². The highest BCUT2D eigenvalue weighted by atomic mass is 16.5. The Labute approximate surface area is 130 Å². The molecule has 5 nitrogen and oxygen atoms in total. The molecule has 2 heterocycles. The summed E-state index contributed by atoms with van der Waals surface area (Å²) in [6.07, 6.45) is 2.15. The van der Waals surface area contributed by atoms with Crippen molar-refractivity contribution in [2.75, 3.05) is 18.5 Å². The Morgan fingerprint density at radius 3 is 2.86 bits per heavy atom. The largest absolute Gasteiger partial charge is 0.507 e. The van der Waals surface area contributed by atoms with E-state index >= 15 is 0 Å². The van der Waals surface area contributed by atoms with Gasteiger partial charge in [-0.05, 0) is 38.8 Å². The molecule has 0 spiro atoms. The number of aromatic nitrogens is 2. The summed E-state index contributed by atoms with van der Waals surface area (Å²) in [6.45, 7) is 5.57. The van der Waals surface area contributed by atoms with Crippen molar-refractivity contribution in [3.05, 3.63) is 36.0 Å². The van der Waals surface area contributed by atoms with Crippen LogP contribution >= 0.6 is 0 Å². The molecule has 1 aromatic heterocycles. The molecule has 1 fully saturated rings. The highest BCUT2D eigenvalue weighted by Gasteiger charge is 2.29. The number of aryl methyl sites for hydroxylation is 1. The van der Waals surface area contributed by atoms with Gasteiger partial charge in [0.2, 0.25) is 0 Å². The van der Waals surface area contributed by atoms with Gasteiger partial charge in [-0.15, -0.1) is 0 Å². The lowest BCUT2D eigenvalue weighted by Crippen LogP contribution is -2.32. The first-order valence-corrected chi connectivity index (χ1v) is 7.58. The van der Waals surface area contributed by atoms with Crippen LogP contribution in [0.1, 0.15) is 25.5 Å². The minimum absolute atomic E-state index is 0.131. The van der Waals surface area contributed by atoms with E-state index in [4.69, 9.17) is 4.74 Å². The van der Waals surface area contributed by atoms with Gasteiger partial charge in [-0.1, -0.05) is 12.1 Å². The Morgan fingerprint density at radius 1 is 1.32 bits per heavy atom. The lowest BCUT2D eigenvalue weighted by Gasteiger charge is -2.23. The van der Waals surface area contributed by atoms with Crippen molar-refractivity contribution in [3.8, 4) is 17.1 Å². The smallest absolute Gasteiger partial charge is 0.165 e. The van der Waals surface area contributed by atoms with E-state index in [0.717, 1.165) is 31.0 Å². The van der Waals surface area contributed by atoms with Crippen molar-refractivity contribution in [1.82, 2.24) is 9.97 Å². The van der Waals surface area contributed by atoms with Crippen LogP contribution in [-0.4, -0.2) is 33.8 Å². The predicted octanol–water partition coefficient (Wildman–Crippen LogP) is 3.14. The van der Waals surface area contributed by atoms with Gasteiger partial charge < -0.3 is 15.2 Å². The average molecular weight is 299 g/mol. The third kappa shape index (κ3) is 3.20. The van der Waals surface area contributed by atoms with Gasteiger partial charge in [-0.2, -0.15) is 0 Å². The number of benzene rings is 1. The Balaban J connectivity index is 1.82. The minimum atomic E-state index is -0.131. The van der Waals surface area contributed by atoms with E-state index in [1.54, 1.807) is 12.1 Å². The molecule has 0 amide bonds. The van der Waals surface area contributed by atoms with E-state index in [-0.39, 0.29) is 11.4 Å². The van der Waals surface area contributed by atoms with Gasteiger partial charge >= 0.3 is 0 Å². The third-order valence-electron chi connectivity index (χ3n) is 3.94. The van der Waals surface area contributed by atoms with Crippen molar-refractivity contribution in [2.24, 2.45) is 0 Å². The molecule has 0 radical (unpaired) electrons. The van der Waals surface area contributed by atoms with E-state index in [2.05, 4.69) is 22.2 Å². The summed E-state index contributed by atoms with van der Waals surface area (Å²) in [7, 11) is 0. The maximum atomic E-state index is 9.97. The highest BCUT2D eigenvalue weighted by Crippen LogP contribution is 2.28. The molecule has 0 aliphatic carbocycles. The normalized spacial score (nSPS) is 21.0. The van der Waals surface area contributed by atoms with Crippen LogP contribution in [0.15, 0.2) is 30.3 Å². The number of nitrogens with zero attached hydrogens (tertiary/aromatic N) is 2. The van der Waals surface area contributed by atoms with E-state index in [0.29, 0.717) is 17.9 Å². The molecule has 2 aromatic rings. The summed E-state index contributed by atoms with van der Waals surface area (Å²) < 4.78 is 5.78. The molecule has 116 valence electrons. The molecule has 1 aromatic carbocycles. The fourth-order valence-corrected chi connectivity index (χ4v) is 2.70. The number of nitrogens with one attached hydrogen (secondary N) is 1. The number of aromatic hydroxyl groups is 1. The van der Waals surface area contributed by atoms with Crippen LogP contribution in [0.4, 0.5) is 5.82 Å². The predicted molar refractivity (Wildman–Crippen MR) is 86.0 cm³/mol. The van der Waals surface area contributed by atoms with E-state index in [1.807, 2.05) is 25.1 Å². The maximum absolute atomic E-state index is 9.97. The minimum Gasteiger partial charge on any atom is -0.507 e. The van der Waals surface area contributed by atoms with Crippen molar-refractivity contribution >= 4 is 5.82 Å². The van der Waals surface area contributed by atoms with Gasteiger partial charge in [0, 0.05) is 24.9 Å². The number of para-hydroxylation sites is 1. The summed E-state index contributed by atoms with van der Waals surface area (Å²) in [5.74, 6) is 1.46. The molecule has 1 unspecified atom stereocenters. The molecule has 1 aliphatic heterocycles. The fraction of sp³-hybridized carbons (Fsp3) is 0.412. The molecule has 1 aliphatic rings. The van der Waals surface area contributed by atoms with Gasteiger partial charge in [-0.3, -0.25) is 0 Å². The van der Waals surface area contributed by atoms with Crippen LogP contribution in [0, 0.1) is 6.92 Å². The maximum Gasteiger partial charge on any atom is 0.165 e. The number of anilines is 1. The summed E-state index contributed by atoms with van der Waals surface area (Å²) in [4.78, 5) is 8.94. The second-order valence-electron chi connectivity index (χ2n) is 5.99. The summed E-state index contributed by atoms with van der Waals surface area (Å²) in [5.41, 5.74) is 1.36. The summed E-state index contributed by atoms with van der Waals surface area (Å²) in [6, 6.07) is 9.01. The average Bonchev–Trinajstić information content (AvgIpc) is 2.92. The fourth-order valence-electron chi connectivity index (χ4n) is 2.70. The first-order chi connectivity index (χ1) is 10.6. The number of phenolic OH excluding ortho intramolecular Hbond substituents is 1. The van der Waals surface area contributed by atoms with E-state index < -0.39 is 0 Å². The lowest BCUT2D eigenvalue weighted by molar-refractivity contribution is 0.0315. The standard InChI is InChI=1S/C17H21N3O2/c1-12-10-15(18-11-17(2)8-5-9-22-17)20-16(19-12)13-6-3-4-7-14(13)21/h3-4,6-7,10,21H,5,8-9,11H2,1-2H3,(H,18,19,20). The van der Waals surface area contributed by atoms with Gasteiger partial charge in [-0.25, -0.2) is 9.97 Å². The molecule has 2 N–H and O–H groups in total. The molecular weight excluding hydrogens is 278 g/mol. The lowest BCUT2D eigenvalue weighted by atomic mass is 10.0. The molecule has 0 bridgehead atoms. The van der Waals surface area contributed by atoms with Gasteiger partial charge in [0.25, 0.3) is 0 Å². The van der Waals surface area contributed by atoms with Crippen molar-refractivity contribution in [3.63, 3.8) is 0 Å². The van der Waals surface area contributed by atoms with Crippen molar-refractivity contribution in [2.45, 2.75) is 32.3 Å². The van der Waals surface area contributed by atoms with Crippen LogP contribution in [0.5, 0.6) is 5.75 Å². The topological polar surface area (TPSA) is 67.3 Å². The quantitative estimate of drug-likeness (QED) is 0.908. The van der Waals surface area contributed by atoms with Crippen molar-refractivity contribution < 1.29 is 9.84 Å². The monoisotopic (exact) mass is 299 g/mol. The first-order valence-electron chi connectivity index (χ1n) is 7.58. The van der Waals surface area contributed by atoms with Crippen LogP contribution in [-0.2, 0) is 4.74 Å². The highest BCUT2D eigenvalue weighted by molar-refractivity contribution is 5.64. The second kappa shape index (κ2) is 5.93.